The normalized spacial score (nSPS) is 18.4. The van der Waals surface area contributed by atoms with Crippen LogP contribution in [0.2, 0.25) is 0 Å². The molecular formula is C11H15N3O9P-. The average Bonchev–Trinajstić information content (AvgIpc) is 2.45. The van der Waals surface area contributed by atoms with Gasteiger partial charge in [-0.1, -0.05) is 6.08 Å². The SMILES string of the molecule is CCOP(=O)(OCC)C1C([N+](=O)[O-])=C(C)C([N+](=O)[O-])=C[C-]1[N+](=O)[O-]. The molecule has 0 aliphatic heterocycles. The molecule has 0 heterocycles. The van der Waals surface area contributed by atoms with E-state index in [1.165, 1.54) is 13.8 Å². The topological polar surface area (TPSA) is 165 Å². The van der Waals surface area contributed by atoms with E-state index in [-0.39, 0.29) is 13.2 Å². The highest BCUT2D eigenvalue weighted by Gasteiger charge is 2.53. The van der Waals surface area contributed by atoms with E-state index >= 15 is 0 Å². The van der Waals surface area contributed by atoms with Crippen molar-refractivity contribution in [3.63, 3.8) is 0 Å². The fourth-order valence-corrected chi connectivity index (χ4v) is 4.41. The number of nitrogens with zero attached hydrogens (tertiary/aromatic N) is 3. The van der Waals surface area contributed by atoms with Crippen molar-refractivity contribution in [2.45, 2.75) is 26.4 Å². The molecule has 0 aromatic rings. The molecule has 24 heavy (non-hydrogen) atoms. The zero-order valence-corrected chi connectivity index (χ0v) is 13.9. The van der Waals surface area contributed by atoms with E-state index in [1.54, 1.807) is 0 Å². The lowest BCUT2D eigenvalue weighted by atomic mass is 9.97. The Balaban J connectivity index is 3.70. The molecule has 13 heteroatoms. The Morgan fingerprint density at radius 1 is 1.12 bits per heavy atom. The Morgan fingerprint density at radius 2 is 1.62 bits per heavy atom. The highest BCUT2D eigenvalue weighted by Crippen LogP contribution is 2.60. The van der Waals surface area contributed by atoms with Crippen LogP contribution in [-0.4, -0.2) is 33.6 Å². The van der Waals surface area contributed by atoms with E-state index in [1.807, 2.05) is 0 Å². The lowest BCUT2D eigenvalue weighted by Gasteiger charge is -2.31. The Kier molecular flexibility index (Phi) is 6.18. The first-order valence-corrected chi connectivity index (χ1v) is 8.33. The second-order valence-electron chi connectivity index (χ2n) is 4.51. The number of hydrogen-bond acceptors (Lipinski definition) is 9. The van der Waals surface area contributed by atoms with Gasteiger partial charge in [-0.2, -0.15) is 0 Å². The van der Waals surface area contributed by atoms with Crippen molar-refractivity contribution >= 4 is 7.60 Å². The fourth-order valence-electron chi connectivity index (χ4n) is 2.24. The van der Waals surface area contributed by atoms with Crippen LogP contribution in [-0.2, 0) is 13.6 Å². The van der Waals surface area contributed by atoms with Gasteiger partial charge >= 0.3 is 7.60 Å². The predicted molar refractivity (Wildman–Crippen MR) is 79.7 cm³/mol. The molecule has 0 N–H and O–H groups in total. The molecule has 0 aromatic carbocycles. The van der Waals surface area contributed by atoms with Crippen molar-refractivity contribution in [1.82, 2.24) is 0 Å². The van der Waals surface area contributed by atoms with E-state index in [4.69, 9.17) is 9.05 Å². The summed E-state index contributed by atoms with van der Waals surface area (Å²) in [5.41, 5.74) is -4.17. The van der Waals surface area contributed by atoms with E-state index in [9.17, 15) is 34.9 Å². The molecule has 0 saturated carbocycles. The van der Waals surface area contributed by atoms with Crippen molar-refractivity contribution in [2.75, 3.05) is 13.2 Å². The van der Waals surface area contributed by atoms with E-state index in [0.29, 0.717) is 6.08 Å². The first-order chi connectivity index (χ1) is 11.1. The van der Waals surface area contributed by atoms with Crippen molar-refractivity contribution in [3.8, 4) is 0 Å². The molecule has 1 unspecified atom stereocenters. The second-order valence-corrected chi connectivity index (χ2v) is 6.63. The minimum absolute atomic E-state index is 0.186. The van der Waals surface area contributed by atoms with Gasteiger partial charge in [0, 0.05) is 5.57 Å². The van der Waals surface area contributed by atoms with Crippen molar-refractivity contribution in [1.29, 1.82) is 0 Å². The van der Waals surface area contributed by atoms with Crippen LogP contribution < -0.4 is 0 Å². The Bertz CT molecular complexity index is 662. The summed E-state index contributed by atoms with van der Waals surface area (Å²) in [5.74, 6) is 0. The summed E-state index contributed by atoms with van der Waals surface area (Å²) >= 11 is 0. The first-order valence-electron chi connectivity index (χ1n) is 6.72. The summed E-state index contributed by atoms with van der Waals surface area (Å²) in [5, 5.41) is 33.7. The average molecular weight is 364 g/mol. The second kappa shape index (κ2) is 7.51. The Morgan fingerprint density at radius 3 is 1.96 bits per heavy atom. The molecule has 0 radical (unpaired) electrons. The molecule has 0 bridgehead atoms. The minimum atomic E-state index is -4.35. The van der Waals surface area contributed by atoms with Gasteiger partial charge in [0.2, 0.25) is 5.70 Å². The maximum atomic E-state index is 12.9. The van der Waals surface area contributed by atoms with Gasteiger partial charge in [0.1, 0.15) is 11.7 Å². The van der Waals surface area contributed by atoms with Gasteiger partial charge in [0.05, 0.1) is 18.1 Å². The summed E-state index contributed by atoms with van der Waals surface area (Å²) in [6.07, 6.45) is 0.553. The van der Waals surface area contributed by atoms with Crippen LogP contribution >= 0.6 is 7.60 Å². The third-order valence-electron chi connectivity index (χ3n) is 3.13. The van der Waals surface area contributed by atoms with E-state index in [2.05, 4.69) is 0 Å². The molecule has 0 spiro atoms. The number of rotatable bonds is 8. The molecular weight excluding hydrogens is 349 g/mol. The minimum Gasteiger partial charge on any atom is -0.309 e. The Hall–Kier alpha value is -2.30. The zero-order chi connectivity index (χ0) is 18.7. The summed E-state index contributed by atoms with van der Waals surface area (Å²) in [6, 6.07) is -0.982. The van der Waals surface area contributed by atoms with Crippen LogP contribution in [0.4, 0.5) is 0 Å². The van der Waals surface area contributed by atoms with Crippen LogP contribution in [0.5, 0.6) is 0 Å². The van der Waals surface area contributed by atoms with Gasteiger partial charge in [-0.05, 0) is 30.6 Å². The first kappa shape index (κ1) is 19.7. The lowest BCUT2D eigenvalue weighted by Crippen LogP contribution is -2.35. The van der Waals surface area contributed by atoms with Crippen molar-refractivity contribution in [3.05, 3.63) is 59.4 Å². The Labute approximate surface area is 136 Å². The van der Waals surface area contributed by atoms with Crippen LogP contribution in [0.3, 0.4) is 0 Å². The van der Waals surface area contributed by atoms with Gasteiger partial charge in [0.25, 0.3) is 0 Å². The van der Waals surface area contributed by atoms with Crippen LogP contribution in [0, 0.1) is 36.4 Å². The summed E-state index contributed by atoms with van der Waals surface area (Å²) in [7, 11) is -4.35. The van der Waals surface area contributed by atoms with Gasteiger partial charge in [-0.3, -0.25) is 34.9 Å². The maximum absolute atomic E-state index is 12.9. The lowest BCUT2D eigenvalue weighted by molar-refractivity contribution is -0.478. The van der Waals surface area contributed by atoms with Gasteiger partial charge in [-0.25, -0.2) is 0 Å². The van der Waals surface area contributed by atoms with E-state index < -0.39 is 51.0 Å². The molecule has 0 saturated heterocycles. The molecule has 0 amide bonds. The van der Waals surface area contributed by atoms with Gasteiger partial charge in [0.15, 0.2) is 5.66 Å². The number of allylic oxidation sites excluding steroid dienone is 1. The third-order valence-corrected chi connectivity index (χ3v) is 5.51. The van der Waals surface area contributed by atoms with Crippen LogP contribution in [0.15, 0.2) is 23.0 Å². The summed E-state index contributed by atoms with van der Waals surface area (Å²) < 4.78 is 22.9. The summed E-state index contributed by atoms with van der Waals surface area (Å²) in [4.78, 5) is 30.6. The molecule has 134 valence electrons. The third kappa shape index (κ3) is 3.61. The largest absolute Gasteiger partial charge is 0.338 e. The van der Waals surface area contributed by atoms with Crippen LogP contribution in [0.1, 0.15) is 20.8 Å². The molecule has 0 fully saturated rings. The summed E-state index contributed by atoms with van der Waals surface area (Å²) in [6.45, 7) is 3.55. The monoisotopic (exact) mass is 364 g/mol. The highest BCUT2D eigenvalue weighted by atomic mass is 31.2. The van der Waals surface area contributed by atoms with Crippen LogP contribution in [0.25, 0.3) is 0 Å². The van der Waals surface area contributed by atoms with Crippen molar-refractivity contribution in [2.24, 2.45) is 0 Å². The molecule has 1 atom stereocenters. The standard InChI is InChI=1S/C11H15N3O9P/c1-4-22-24(21,23-5-2)11-9(13(17)18)6-8(12(15)16)7(3)10(11)14(19)20/h6,11H,4-5H2,1-3H3/q-1. The molecule has 12 nitrogen and oxygen atoms in total. The molecule has 1 aliphatic rings. The molecule has 0 aromatic heterocycles. The zero-order valence-electron chi connectivity index (χ0n) is 13.0. The highest BCUT2D eigenvalue weighted by molar-refractivity contribution is 7.55. The quantitative estimate of drug-likeness (QED) is 0.271. The molecule has 1 rings (SSSR count). The fraction of sp³-hybridized carbons (Fsp3) is 0.545. The smallest absolute Gasteiger partial charge is 0.309 e. The van der Waals surface area contributed by atoms with E-state index in [0.717, 1.165) is 6.92 Å². The predicted octanol–water partition coefficient (Wildman–Crippen LogP) is 2.15. The van der Waals surface area contributed by atoms with Gasteiger partial charge < -0.3 is 9.05 Å². The maximum Gasteiger partial charge on any atom is 0.338 e. The number of nitro groups is 3. The van der Waals surface area contributed by atoms with Crippen molar-refractivity contribution < 1.29 is 28.4 Å². The molecule has 1 aliphatic carbocycles. The van der Waals surface area contributed by atoms with Gasteiger partial charge in [-0.15, -0.1) is 0 Å². The number of hydrogen-bond donors (Lipinski definition) is 0.